The minimum absolute atomic E-state index is 0.220. The highest BCUT2D eigenvalue weighted by Gasteiger charge is 2.28. The van der Waals surface area contributed by atoms with Gasteiger partial charge in [-0.2, -0.15) is 0 Å². The number of nitrogens with zero attached hydrogens (tertiary/aromatic N) is 4. The number of anilines is 1. The molecule has 180 valence electrons. The van der Waals surface area contributed by atoms with Crippen LogP contribution < -0.4 is 16.4 Å². The highest BCUT2D eigenvalue weighted by atomic mass is 32.1. The van der Waals surface area contributed by atoms with Crippen molar-refractivity contribution in [2.75, 3.05) is 18.4 Å². The number of carbonyl (C=O) groups is 2. The lowest BCUT2D eigenvalue weighted by molar-refractivity contribution is -0.156. The number of urea groups is 1. The maximum Gasteiger partial charge on any atom is 0.321 e. The summed E-state index contributed by atoms with van der Waals surface area (Å²) in [5.41, 5.74) is 8.28. The zero-order chi connectivity index (χ0) is 25.0. The lowest BCUT2D eigenvalue weighted by Gasteiger charge is -2.23. The van der Waals surface area contributed by atoms with Crippen LogP contribution in [0.3, 0.4) is 0 Å². The number of carbonyl (C=O) groups excluding carboxylic acids is 2. The van der Waals surface area contributed by atoms with Gasteiger partial charge in [-0.15, -0.1) is 0 Å². The maximum absolute atomic E-state index is 12.0. The number of nitrogens with one attached hydrogen (secondary N) is 2. The normalized spacial score (nSPS) is 11.3. The molecule has 4 aromatic rings. The fraction of sp³-hybridized carbons (Fsp3) is 0.250. The first kappa shape index (κ1) is 24.2. The molecular weight excluding hydrogens is 466 g/mol. The van der Waals surface area contributed by atoms with Gasteiger partial charge in [-0.05, 0) is 50.6 Å². The molecule has 0 aliphatic rings. The van der Waals surface area contributed by atoms with Crippen LogP contribution in [0.1, 0.15) is 26.6 Å². The molecule has 0 unspecified atom stereocenters. The van der Waals surface area contributed by atoms with Crippen molar-refractivity contribution in [3.05, 3.63) is 54.7 Å². The van der Waals surface area contributed by atoms with Crippen molar-refractivity contribution >= 4 is 38.7 Å². The van der Waals surface area contributed by atoms with Gasteiger partial charge in [0.2, 0.25) is 0 Å². The molecule has 0 spiro atoms. The number of rotatable bonds is 7. The van der Waals surface area contributed by atoms with Gasteiger partial charge in [0, 0.05) is 36.3 Å². The first-order valence-corrected chi connectivity index (χ1v) is 11.8. The first-order valence-electron chi connectivity index (χ1n) is 11.0. The molecule has 0 saturated carbocycles. The highest BCUT2D eigenvalue weighted by Crippen LogP contribution is 2.38. The van der Waals surface area contributed by atoms with E-state index in [1.54, 1.807) is 32.4 Å². The Morgan fingerprint density at radius 1 is 1.11 bits per heavy atom. The summed E-state index contributed by atoms with van der Waals surface area (Å²) in [5.74, 6) is -0.176. The molecule has 0 radical (unpaired) electrons. The monoisotopic (exact) mass is 491 g/mol. The number of thiazole rings is 1. The standard InChI is InChI=1S/C24H25N7O3S/c1-4-26-22(33)31-23-30-18-10-14(9-16(20(18)35-23)17-7-5-6-8-27-17)15-12-28-21(29-13-15)24(2,3)34-19(32)11-25/h5-10,12-13H,4,11,25H2,1-3H3,(H2,26,30,31,33). The van der Waals surface area contributed by atoms with Crippen LogP contribution in [-0.2, 0) is 15.1 Å². The Kier molecular flexibility index (Phi) is 6.99. The average molecular weight is 492 g/mol. The molecule has 0 aliphatic carbocycles. The molecule has 11 heteroatoms. The van der Waals surface area contributed by atoms with Crippen molar-refractivity contribution in [1.82, 2.24) is 25.3 Å². The molecule has 10 nitrogen and oxygen atoms in total. The van der Waals surface area contributed by atoms with Gasteiger partial charge in [-0.3, -0.25) is 15.1 Å². The SMILES string of the molecule is CCNC(=O)Nc1nc2cc(-c3cnc(C(C)(C)OC(=O)CN)nc3)cc(-c3ccccn3)c2s1. The summed E-state index contributed by atoms with van der Waals surface area (Å²) in [6, 6.07) is 9.29. The summed E-state index contributed by atoms with van der Waals surface area (Å²) < 4.78 is 6.25. The van der Waals surface area contributed by atoms with Crippen LogP contribution in [0, 0.1) is 0 Å². The number of aromatic nitrogens is 4. The van der Waals surface area contributed by atoms with Crippen LogP contribution in [0.2, 0.25) is 0 Å². The number of ether oxygens (including phenoxy) is 1. The highest BCUT2D eigenvalue weighted by molar-refractivity contribution is 7.22. The Hall–Kier alpha value is -3.96. The average Bonchev–Trinajstić information content (AvgIpc) is 3.26. The van der Waals surface area contributed by atoms with E-state index in [0.717, 1.165) is 27.1 Å². The second-order valence-electron chi connectivity index (χ2n) is 8.07. The van der Waals surface area contributed by atoms with Crippen LogP contribution in [-0.4, -0.2) is 45.0 Å². The predicted octanol–water partition coefficient (Wildman–Crippen LogP) is 3.69. The number of hydrogen-bond acceptors (Lipinski definition) is 9. The number of hydrogen-bond donors (Lipinski definition) is 3. The van der Waals surface area contributed by atoms with Gasteiger partial charge in [0.1, 0.15) is 0 Å². The van der Waals surface area contributed by atoms with Gasteiger partial charge in [-0.25, -0.2) is 19.7 Å². The summed E-state index contributed by atoms with van der Waals surface area (Å²) in [6.07, 6.45) is 5.07. The van der Waals surface area contributed by atoms with Gasteiger partial charge in [0.15, 0.2) is 16.6 Å². The zero-order valence-corrected chi connectivity index (χ0v) is 20.3. The molecule has 3 aromatic heterocycles. The molecule has 1 aromatic carbocycles. The van der Waals surface area contributed by atoms with Gasteiger partial charge in [0.05, 0.1) is 22.5 Å². The van der Waals surface area contributed by atoms with E-state index in [1.165, 1.54) is 11.3 Å². The fourth-order valence-corrected chi connectivity index (χ4v) is 4.39. The molecular formula is C24H25N7O3S. The van der Waals surface area contributed by atoms with Crippen molar-refractivity contribution in [2.45, 2.75) is 26.4 Å². The van der Waals surface area contributed by atoms with Crippen LogP contribution in [0.15, 0.2) is 48.9 Å². The molecule has 35 heavy (non-hydrogen) atoms. The second-order valence-corrected chi connectivity index (χ2v) is 9.07. The lowest BCUT2D eigenvalue weighted by Crippen LogP contribution is -2.31. The Balaban J connectivity index is 1.75. The van der Waals surface area contributed by atoms with Gasteiger partial charge >= 0.3 is 12.0 Å². The van der Waals surface area contributed by atoms with Crippen molar-refractivity contribution in [3.63, 3.8) is 0 Å². The number of fused-ring (bicyclic) bond motifs is 1. The summed E-state index contributed by atoms with van der Waals surface area (Å²) in [5, 5.41) is 5.96. The van der Waals surface area contributed by atoms with Crippen molar-refractivity contribution in [1.29, 1.82) is 0 Å². The Labute approximate surface area is 206 Å². The van der Waals surface area contributed by atoms with E-state index in [-0.39, 0.29) is 12.6 Å². The van der Waals surface area contributed by atoms with Crippen molar-refractivity contribution in [2.24, 2.45) is 5.73 Å². The third kappa shape index (κ3) is 5.42. The molecule has 2 amide bonds. The first-order chi connectivity index (χ1) is 16.8. The molecule has 4 rings (SSSR count). The number of amides is 2. The summed E-state index contributed by atoms with van der Waals surface area (Å²) in [4.78, 5) is 41.6. The van der Waals surface area contributed by atoms with E-state index >= 15 is 0 Å². The van der Waals surface area contributed by atoms with Gasteiger partial charge in [-0.1, -0.05) is 17.4 Å². The van der Waals surface area contributed by atoms with Gasteiger partial charge < -0.3 is 15.8 Å². The quantitative estimate of drug-likeness (QED) is 0.332. The maximum atomic E-state index is 12.0. The smallest absolute Gasteiger partial charge is 0.321 e. The van der Waals surface area contributed by atoms with Crippen LogP contribution in [0.25, 0.3) is 32.6 Å². The number of esters is 1. The molecule has 4 N–H and O–H groups in total. The summed E-state index contributed by atoms with van der Waals surface area (Å²) in [7, 11) is 0. The van der Waals surface area contributed by atoms with Crippen LogP contribution in [0.5, 0.6) is 0 Å². The van der Waals surface area contributed by atoms with Crippen LogP contribution >= 0.6 is 11.3 Å². The lowest BCUT2D eigenvalue weighted by atomic mass is 10.0. The number of nitrogens with two attached hydrogens (primary N) is 1. The zero-order valence-electron chi connectivity index (χ0n) is 19.5. The largest absolute Gasteiger partial charge is 0.450 e. The van der Waals surface area contributed by atoms with E-state index < -0.39 is 11.6 Å². The van der Waals surface area contributed by atoms with Crippen molar-refractivity contribution < 1.29 is 14.3 Å². The van der Waals surface area contributed by atoms with Gasteiger partial charge in [0.25, 0.3) is 0 Å². The van der Waals surface area contributed by atoms with E-state index in [0.29, 0.717) is 23.0 Å². The Morgan fingerprint density at radius 3 is 2.54 bits per heavy atom. The van der Waals surface area contributed by atoms with E-state index in [4.69, 9.17) is 10.5 Å². The number of pyridine rings is 1. The van der Waals surface area contributed by atoms with Crippen LogP contribution in [0.4, 0.5) is 9.93 Å². The van der Waals surface area contributed by atoms with E-state index in [9.17, 15) is 9.59 Å². The van der Waals surface area contributed by atoms with E-state index in [2.05, 4.69) is 30.6 Å². The third-order valence-corrected chi connectivity index (χ3v) is 6.07. The van der Waals surface area contributed by atoms with E-state index in [1.807, 2.05) is 37.3 Å². The minimum Gasteiger partial charge on any atom is -0.450 e. The fourth-order valence-electron chi connectivity index (χ4n) is 3.43. The molecule has 0 aliphatic heterocycles. The third-order valence-electron chi connectivity index (χ3n) is 5.05. The van der Waals surface area contributed by atoms with Crippen molar-refractivity contribution in [3.8, 4) is 22.4 Å². The molecule has 0 fully saturated rings. The summed E-state index contributed by atoms with van der Waals surface area (Å²) >= 11 is 1.38. The molecule has 3 heterocycles. The minimum atomic E-state index is -1.02. The topological polar surface area (TPSA) is 145 Å². The Morgan fingerprint density at radius 2 is 1.89 bits per heavy atom. The summed E-state index contributed by atoms with van der Waals surface area (Å²) in [6.45, 7) is 5.55. The Bertz CT molecular complexity index is 1360. The molecule has 0 saturated heterocycles. The molecule has 0 bridgehead atoms. The second kappa shape index (κ2) is 10.1. The molecule has 0 atom stereocenters. The number of benzene rings is 1. The predicted molar refractivity (Wildman–Crippen MR) is 135 cm³/mol.